The maximum absolute atomic E-state index is 13.4. The summed E-state index contributed by atoms with van der Waals surface area (Å²) in [5, 5.41) is 3.15. The third-order valence-electron chi connectivity index (χ3n) is 4.79. The Balaban J connectivity index is 0.00000363. The van der Waals surface area contributed by atoms with Crippen LogP contribution in [-0.4, -0.2) is 63.9 Å². The number of hydrogen-bond donors (Lipinski definition) is 2. The summed E-state index contributed by atoms with van der Waals surface area (Å²) in [6.45, 7) is 1.26. The number of carbonyl (C=O) groups is 1. The number of amides is 1. The highest BCUT2D eigenvalue weighted by molar-refractivity contribution is 7.87. The Kier molecular flexibility index (Phi) is 9.03. The van der Waals surface area contributed by atoms with Crippen LogP contribution in [0.4, 0.5) is 10.1 Å². The van der Waals surface area contributed by atoms with Gasteiger partial charge >= 0.3 is 0 Å². The van der Waals surface area contributed by atoms with Crippen LogP contribution < -0.4 is 14.8 Å². The molecule has 1 aliphatic rings. The zero-order chi connectivity index (χ0) is 22.8. The van der Waals surface area contributed by atoms with E-state index < -0.39 is 34.0 Å². The molecule has 0 radical (unpaired) electrons. The Labute approximate surface area is 197 Å². The highest BCUT2D eigenvalue weighted by Gasteiger charge is 2.41. The Morgan fingerprint density at radius 3 is 2.75 bits per heavy atom. The van der Waals surface area contributed by atoms with Gasteiger partial charge in [-0.25, -0.2) is 4.39 Å². The molecule has 0 aliphatic carbocycles. The number of anilines is 1. The Morgan fingerprint density at radius 2 is 2.09 bits per heavy atom. The Bertz CT molecular complexity index is 1050. The molecule has 1 aliphatic heterocycles. The molecule has 1 aromatic carbocycles. The van der Waals surface area contributed by atoms with E-state index in [0.29, 0.717) is 11.7 Å². The molecule has 2 atom stereocenters. The molecule has 0 saturated carbocycles. The van der Waals surface area contributed by atoms with E-state index in [-0.39, 0.29) is 24.6 Å². The third-order valence-corrected chi connectivity index (χ3v) is 7.78. The van der Waals surface area contributed by atoms with Crippen LogP contribution >= 0.6 is 22.9 Å². The van der Waals surface area contributed by atoms with Gasteiger partial charge in [0.15, 0.2) is 5.06 Å². The third kappa shape index (κ3) is 6.40. The number of carbonyl (C=O) groups excluding carboxylic acids is 1. The molecule has 178 valence electrons. The molecule has 1 aromatic heterocycles. The fourth-order valence-corrected chi connectivity index (χ4v) is 5.49. The summed E-state index contributed by atoms with van der Waals surface area (Å²) in [5.74, 6) is -1.14. The van der Waals surface area contributed by atoms with Crippen LogP contribution in [0.3, 0.4) is 0 Å². The fourth-order valence-electron chi connectivity index (χ4n) is 3.02. The predicted octanol–water partition coefficient (Wildman–Crippen LogP) is 3.34. The van der Waals surface area contributed by atoms with Crippen molar-refractivity contribution in [1.29, 1.82) is 0 Å². The summed E-state index contributed by atoms with van der Waals surface area (Å²) in [5.41, 5.74) is 0.282. The largest absolute Gasteiger partial charge is 0.483 e. The lowest BCUT2D eigenvalue weighted by molar-refractivity contribution is -0.120. The lowest BCUT2D eigenvalue weighted by Gasteiger charge is -2.35. The number of benzene rings is 1. The van der Waals surface area contributed by atoms with Crippen molar-refractivity contribution >= 4 is 44.7 Å². The van der Waals surface area contributed by atoms with Gasteiger partial charge in [-0.3, -0.25) is 4.79 Å². The number of halogens is 2. The number of likely N-dealkylation sites (N-methyl/N-ethyl adjacent to an activating group) is 2. The molecule has 2 aromatic rings. The molecule has 0 spiro atoms. The average Bonchev–Trinajstić information content (AvgIpc) is 3.15. The van der Waals surface area contributed by atoms with E-state index in [1.807, 2.05) is 19.0 Å². The maximum atomic E-state index is 13.4. The van der Waals surface area contributed by atoms with Crippen LogP contribution in [0.25, 0.3) is 0 Å². The van der Waals surface area contributed by atoms with E-state index in [0.717, 1.165) is 21.8 Å². The minimum absolute atomic E-state index is 0. The van der Waals surface area contributed by atoms with Gasteiger partial charge in [-0.1, -0.05) is 19.0 Å². The van der Waals surface area contributed by atoms with Crippen LogP contribution in [0.1, 0.15) is 24.8 Å². The first-order chi connectivity index (χ1) is 14.6. The SMILES string of the molecule is C.CN(C)CCOc1ccc(C2CC(C(=O)Nc3ccc(F)c(Cl)c3)N(C)S(=O)(=O)N2)s1. The van der Waals surface area contributed by atoms with Gasteiger partial charge in [0.1, 0.15) is 18.5 Å². The first-order valence-electron chi connectivity index (χ1n) is 9.45. The normalized spacial score (nSPS) is 20.6. The summed E-state index contributed by atoms with van der Waals surface area (Å²) < 4.78 is 47.9. The zero-order valence-electron chi connectivity index (χ0n) is 17.3. The van der Waals surface area contributed by atoms with Crippen molar-refractivity contribution in [1.82, 2.24) is 13.9 Å². The summed E-state index contributed by atoms with van der Waals surface area (Å²) in [4.78, 5) is 15.6. The molecular formula is C20H28ClFN4O4S2. The minimum atomic E-state index is -3.88. The van der Waals surface area contributed by atoms with Crippen LogP contribution in [-0.2, 0) is 15.0 Å². The first-order valence-corrected chi connectivity index (χ1v) is 12.1. The van der Waals surface area contributed by atoms with Gasteiger partial charge in [0.25, 0.3) is 10.2 Å². The van der Waals surface area contributed by atoms with E-state index in [1.165, 1.54) is 30.5 Å². The molecule has 32 heavy (non-hydrogen) atoms. The van der Waals surface area contributed by atoms with Gasteiger partial charge in [-0.05, 0) is 50.8 Å². The first kappa shape index (κ1) is 26.5. The molecule has 3 rings (SSSR count). The lowest BCUT2D eigenvalue weighted by Crippen LogP contribution is -2.55. The number of rotatable bonds is 7. The second-order valence-electron chi connectivity index (χ2n) is 7.37. The van der Waals surface area contributed by atoms with E-state index in [2.05, 4.69) is 10.0 Å². The van der Waals surface area contributed by atoms with Gasteiger partial charge in [-0.2, -0.15) is 17.4 Å². The molecule has 1 saturated heterocycles. The van der Waals surface area contributed by atoms with E-state index >= 15 is 0 Å². The van der Waals surface area contributed by atoms with Crippen molar-refractivity contribution in [2.24, 2.45) is 0 Å². The second-order valence-corrected chi connectivity index (χ2v) is 10.6. The minimum Gasteiger partial charge on any atom is -0.483 e. The fraction of sp³-hybridized carbons (Fsp3) is 0.450. The van der Waals surface area contributed by atoms with Crippen molar-refractivity contribution in [2.75, 3.05) is 39.6 Å². The van der Waals surface area contributed by atoms with Crippen molar-refractivity contribution in [3.05, 3.63) is 46.0 Å². The molecule has 2 unspecified atom stereocenters. The van der Waals surface area contributed by atoms with Gasteiger partial charge in [0, 0.05) is 24.2 Å². The van der Waals surface area contributed by atoms with Gasteiger partial charge in [0.05, 0.1) is 11.1 Å². The van der Waals surface area contributed by atoms with E-state index in [1.54, 1.807) is 12.1 Å². The molecular weight excluding hydrogens is 479 g/mol. The number of ether oxygens (including phenoxy) is 1. The van der Waals surface area contributed by atoms with Crippen molar-refractivity contribution in [3.8, 4) is 5.06 Å². The van der Waals surface area contributed by atoms with Crippen LogP contribution in [0.5, 0.6) is 5.06 Å². The maximum Gasteiger partial charge on any atom is 0.280 e. The smallest absolute Gasteiger partial charge is 0.280 e. The average molecular weight is 507 g/mol. The number of nitrogens with one attached hydrogen (secondary N) is 2. The van der Waals surface area contributed by atoms with Gasteiger partial charge in [0.2, 0.25) is 5.91 Å². The summed E-state index contributed by atoms with van der Waals surface area (Å²) in [6, 6.07) is 5.82. The standard InChI is InChI=1S/C19H24ClFN4O4S2.CH4/c1-24(2)8-9-29-18-7-6-17(30-18)15-11-16(25(3)31(27,28)23-15)19(26)22-12-4-5-14(21)13(20)10-12;/h4-7,10,15-16,23H,8-9,11H2,1-3H3,(H,22,26);1H4. The molecule has 2 heterocycles. The molecule has 12 heteroatoms. The van der Waals surface area contributed by atoms with Crippen LogP contribution in [0, 0.1) is 5.82 Å². The molecule has 1 amide bonds. The second kappa shape index (κ2) is 10.9. The summed E-state index contributed by atoms with van der Waals surface area (Å²) >= 11 is 7.10. The number of thiophene rings is 1. The summed E-state index contributed by atoms with van der Waals surface area (Å²) in [6.07, 6.45) is 0.216. The highest BCUT2D eigenvalue weighted by Crippen LogP contribution is 2.35. The van der Waals surface area contributed by atoms with Crippen molar-refractivity contribution in [2.45, 2.75) is 25.9 Å². The topological polar surface area (TPSA) is 91.0 Å². The van der Waals surface area contributed by atoms with E-state index in [9.17, 15) is 17.6 Å². The zero-order valence-corrected chi connectivity index (χ0v) is 19.7. The molecule has 2 N–H and O–H groups in total. The van der Waals surface area contributed by atoms with E-state index in [4.69, 9.17) is 16.3 Å². The quantitative estimate of drug-likeness (QED) is 0.601. The van der Waals surface area contributed by atoms with Crippen molar-refractivity contribution < 1.29 is 22.3 Å². The van der Waals surface area contributed by atoms with Crippen molar-refractivity contribution in [3.63, 3.8) is 0 Å². The van der Waals surface area contributed by atoms with Crippen LogP contribution in [0.2, 0.25) is 5.02 Å². The van der Waals surface area contributed by atoms with Crippen LogP contribution in [0.15, 0.2) is 30.3 Å². The molecule has 0 bridgehead atoms. The Morgan fingerprint density at radius 1 is 1.38 bits per heavy atom. The molecule has 8 nitrogen and oxygen atoms in total. The lowest BCUT2D eigenvalue weighted by atomic mass is 10.1. The Hall–Kier alpha value is -1.76. The number of hydrogen-bond acceptors (Lipinski definition) is 6. The monoisotopic (exact) mass is 506 g/mol. The summed E-state index contributed by atoms with van der Waals surface area (Å²) in [7, 11) is 1.35. The number of nitrogens with zero attached hydrogens (tertiary/aromatic N) is 2. The molecule has 1 fully saturated rings. The van der Waals surface area contributed by atoms with Gasteiger partial charge < -0.3 is 15.0 Å². The highest BCUT2D eigenvalue weighted by atomic mass is 35.5. The van der Waals surface area contributed by atoms with Gasteiger partial charge in [-0.15, -0.1) is 11.3 Å². The predicted molar refractivity (Wildman–Crippen MR) is 126 cm³/mol.